The van der Waals surface area contributed by atoms with Crippen LogP contribution in [0.2, 0.25) is 0 Å². The molecule has 1 heterocycles. The summed E-state index contributed by atoms with van der Waals surface area (Å²) in [5, 5.41) is 0. The monoisotopic (exact) mass is 265 g/mol. The highest BCUT2D eigenvalue weighted by Crippen LogP contribution is 2.27. The van der Waals surface area contributed by atoms with Crippen molar-refractivity contribution in [3.8, 4) is 0 Å². The molecule has 2 atom stereocenters. The van der Waals surface area contributed by atoms with Crippen molar-refractivity contribution in [2.45, 2.75) is 39.0 Å². The first-order valence-electron chi connectivity index (χ1n) is 7.15. The molecule has 1 fully saturated rings. The van der Waals surface area contributed by atoms with Crippen molar-refractivity contribution in [3.63, 3.8) is 0 Å². The third-order valence-corrected chi connectivity index (χ3v) is 4.23. The zero-order chi connectivity index (χ0) is 13.8. The Bertz CT molecular complexity index is 389. The van der Waals surface area contributed by atoms with Crippen molar-refractivity contribution in [2.75, 3.05) is 20.2 Å². The average molecular weight is 265 g/mol. The highest BCUT2D eigenvalue weighted by Gasteiger charge is 2.37. The Morgan fingerprint density at radius 2 is 2.16 bits per heavy atom. The number of rotatable bonds is 3. The fourth-order valence-corrected chi connectivity index (χ4v) is 3.00. The smallest absolute Gasteiger partial charge is 0.310 e. The largest absolute Gasteiger partial charge is 0.469 e. The Labute approximate surface area is 114 Å². The molecular weight excluding hydrogens is 242 g/mol. The predicted octanol–water partition coefficient (Wildman–Crippen LogP) is 2.14. The highest BCUT2D eigenvalue weighted by molar-refractivity contribution is 5.81. The summed E-state index contributed by atoms with van der Waals surface area (Å²) in [6.07, 6.45) is 7.32. The van der Waals surface area contributed by atoms with E-state index < -0.39 is 0 Å². The van der Waals surface area contributed by atoms with Crippen LogP contribution in [0.4, 0.5) is 0 Å². The molecular formula is C15H23NO3. The fourth-order valence-electron chi connectivity index (χ4n) is 3.00. The van der Waals surface area contributed by atoms with Crippen LogP contribution in [0.5, 0.6) is 0 Å². The first-order valence-corrected chi connectivity index (χ1v) is 7.15. The summed E-state index contributed by atoms with van der Waals surface area (Å²) in [7, 11) is 1.41. The molecule has 2 aliphatic rings. The summed E-state index contributed by atoms with van der Waals surface area (Å²) in [4.78, 5) is 25.7. The maximum absolute atomic E-state index is 12.2. The molecule has 0 aromatic carbocycles. The number of amides is 1. The van der Waals surface area contributed by atoms with E-state index in [9.17, 15) is 9.59 Å². The van der Waals surface area contributed by atoms with E-state index in [0.717, 1.165) is 12.8 Å². The zero-order valence-corrected chi connectivity index (χ0v) is 11.9. The molecule has 0 aromatic rings. The standard InChI is InChI=1S/C15H23NO3/c1-11-9-16(10-13(11)15(18)19-2)14(17)8-12-6-4-3-5-7-12/h6,11,13H,3-5,7-10H2,1-2H3. The van der Waals surface area contributed by atoms with E-state index in [4.69, 9.17) is 4.74 Å². The lowest BCUT2D eigenvalue weighted by Gasteiger charge is -2.18. The number of likely N-dealkylation sites (tertiary alicyclic amines) is 1. The summed E-state index contributed by atoms with van der Waals surface area (Å²) in [6.45, 7) is 3.20. The zero-order valence-electron chi connectivity index (χ0n) is 11.9. The van der Waals surface area contributed by atoms with E-state index in [0.29, 0.717) is 19.5 Å². The molecule has 0 bridgehead atoms. The van der Waals surface area contributed by atoms with Crippen molar-refractivity contribution in [2.24, 2.45) is 11.8 Å². The highest BCUT2D eigenvalue weighted by atomic mass is 16.5. The second-order valence-electron chi connectivity index (χ2n) is 5.69. The maximum Gasteiger partial charge on any atom is 0.310 e. The molecule has 1 saturated heterocycles. The van der Waals surface area contributed by atoms with Gasteiger partial charge in [0.25, 0.3) is 0 Å². The number of allylic oxidation sites excluding steroid dienone is 1. The van der Waals surface area contributed by atoms with Gasteiger partial charge in [0, 0.05) is 19.5 Å². The van der Waals surface area contributed by atoms with Gasteiger partial charge >= 0.3 is 5.97 Å². The summed E-state index contributed by atoms with van der Waals surface area (Å²) in [6, 6.07) is 0. The Hall–Kier alpha value is -1.32. The van der Waals surface area contributed by atoms with Crippen molar-refractivity contribution in [3.05, 3.63) is 11.6 Å². The number of methoxy groups -OCH3 is 1. The Morgan fingerprint density at radius 3 is 2.79 bits per heavy atom. The molecule has 4 nitrogen and oxygen atoms in total. The number of ether oxygens (including phenoxy) is 1. The third kappa shape index (κ3) is 3.37. The van der Waals surface area contributed by atoms with Crippen LogP contribution in [0.3, 0.4) is 0 Å². The van der Waals surface area contributed by atoms with Crippen LogP contribution >= 0.6 is 0 Å². The van der Waals surface area contributed by atoms with Crippen LogP contribution < -0.4 is 0 Å². The first kappa shape index (κ1) is 14.1. The maximum atomic E-state index is 12.2. The van der Waals surface area contributed by atoms with E-state index in [1.54, 1.807) is 0 Å². The van der Waals surface area contributed by atoms with E-state index in [-0.39, 0.29) is 23.7 Å². The van der Waals surface area contributed by atoms with Gasteiger partial charge in [-0.15, -0.1) is 0 Å². The molecule has 0 radical (unpaired) electrons. The van der Waals surface area contributed by atoms with Crippen molar-refractivity contribution in [1.29, 1.82) is 0 Å². The van der Waals surface area contributed by atoms with Gasteiger partial charge in [-0.1, -0.05) is 18.6 Å². The molecule has 0 aromatic heterocycles. The molecule has 4 heteroatoms. The summed E-state index contributed by atoms with van der Waals surface area (Å²) >= 11 is 0. The predicted molar refractivity (Wildman–Crippen MR) is 72.4 cm³/mol. The second kappa shape index (κ2) is 6.22. The molecule has 1 amide bonds. The lowest BCUT2D eigenvalue weighted by Crippen LogP contribution is -2.30. The van der Waals surface area contributed by atoms with E-state index >= 15 is 0 Å². The minimum absolute atomic E-state index is 0.158. The van der Waals surface area contributed by atoms with Gasteiger partial charge < -0.3 is 9.64 Å². The van der Waals surface area contributed by atoms with Crippen molar-refractivity contribution < 1.29 is 14.3 Å². The third-order valence-electron chi connectivity index (χ3n) is 4.23. The topological polar surface area (TPSA) is 46.6 Å². The van der Waals surface area contributed by atoms with Gasteiger partial charge in [-0.3, -0.25) is 9.59 Å². The molecule has 2 unspecified atom stereocenters. The molecule has 0 spiro atoms. The Balaban J connectivity index is 1.90. The minimum Gasteiger partial charge on any atom is -0.469 e. The molecule has 2 rings (SSSR count). The fraction of sp³-hybridized carbons (Fsp3) is 0.733. The van der Waals surface area contributed by atoms with Crippen LogP contribution in [-0.4, -0.2) is 37.0 Å². The second-order valence-corrected chi connectivity index (χ2v) is 5.69. The SMILES string of the molecule is COC(=O)C1CN(C(=O)CC2=CCCCC2)CC1C. The first-order chi connectivity index (χ1) is 9.11. The lowest BCUT2D eigenvalue weighted by molar-refractivity contribution is -0.146. The summed E-state index contributed by atoms with van der Waals surface area (Å²) in [5.41, 5.74) is 1.27. The van der Waals surface area contributed by atoms with Crippen molar-refractivity contribution >= 4 is 11.9 Å². The van der Waals surface area contributed by atoms with Gasteiger partial charge in [-0.05, 0) is 31.6 Å². The van der Waals surface area contributed by atoms with E-state index in [2.05, 4.69) is 6.08 Å². The van der Waals surface area contributed by atoms with Gasteiger partial charge in [-0.2, -0.15) is 0 Å². The van der Waals surface area contributed by atoms with E-state index in [1.807, 2.05) is 11.8 Å². The summed E-state index contributed by atoms with van der Waals surface area (Å²) < 4.78 is 4.79. The summed E-state index contributed by atoms with van der Waals surface area (Å²) in [5.74, 6) is -0.00268. The van der Waals surface area contributed by atoms with Crippen LogP contribution in [0, 0.1) is 11.8 Å². The van der Waals surface area contributed by atoms with Gasteiger partial charge in [0.1, 0.15) is 0 Å². The molecule has 106 valence electrons. The van der Waals surface area contributed by atoms with Gasteiger partial charge in [0.2, 0.25) is 5.91 Å². The number of hydrogen-bond acceptors (Lipinski definition) is 3. The molecule has 1 aliphatic carbocycles. The van der Waals surface area contributed by atoms with Crippen LogP contribution in [-0.2, 0) is 14.3 Å². The number of nitrogens with zero attached hydrogens (tertiary/aromatic N) is 1. The quantitative estimate of drug-likeness (QED) is 0.580. The number of carbonyl (C=O) groups excluding carboxylic acids is 2. The number of hydrogen-bond donors (Lipinski definition) is 0. The molecule has 0 N–H and O–H groups in total. The normalized spacial score (nSPS) is 27.1. The Kier molecular flexibility index (Phi) is 4.61. The number of esters is 1. The van der Waals surface area contributed by atoms with Gasteiger partial charge in [0.15, 0.2) is 0 Å². The molecule has 19 heavy (non-hydrogen) atoms. The molecule has 0 saturated carbocycles. The number of carbonyl (C=O) groups is 2. The molecule has 1 aliphatic heterocycles. The average Bonchev–Trinajstić information content (AvgIpc) is 2.81. The van der Waals surface area contributed by atoms with Crippen LogP contribution in [0.1, 0.15) is 39.0 Å². The van der Waals surface area contributed by atoms with Crippen LogP contribution in [0.25, 0.3) is 0 Å². The van der Waals surface area contributed by atoms with E-state index in [1.165, 1.54) is 25.5 Å². The van der Waals surface area contributed by atoms with Crippen LogP contribution in [0.15, 0.2) is 11.6 Å². The lowest BCUT2D eigenvalue weighted by atomic mass is 9.97. The van der Waals surface area contributed by atoms with Gasteiger partial charge in [-0.25, -0.2) is 0 Å². The van der Waals surface area contributed by atoms with Gasteiger partial charge in [0.05, 0.1) is 13.0 Å². The minimum atomic E-state index is -0.195. The van der Waals surface area contributed by atoms with Crippen molar-refractivity contribution in [1.82, 2.24) is 4.90 Å². The Morgan fingerprint density at radius 1 is 1.37 bits per heavy atom.